The minimum absolute atomic E-state index is 0.0544. The van der Waals surface area contributed by atoms with Gasteiger partial charge in [0.25, 0.3) is 0 Å². The molecule has 1 heterocycles. The summed E-state index contributed by atoms with van der Waals surface area (Å²) in [6.07, 6.45) is 1.33. The predicted molar refractivity (Wildman–Crippen MR) is 77.7 cm³/mol. The molecule has 0 aromatic heterocycles. The molecular weight excluding hydrogens is 254 g/mol. The van der Waals surface area contributed by atoms with E-state index in [9.17, 15) is 4.79 Å². The molecule has 4 heteroatoms. The van der Waals surface area contributed by atoms with Crippen LogP contribution < -0.4 is 0 Å². The van der Waals surface area contributed by atoms with Crippen molar-refractivity contribution in [3.8, 4) is 0 Å². The van der Waals surface area contributed by atoms with Crippen molar-refractivity contribution in [1.82, 2.24) is 4.90 Å². The summed E-state index contributed by atoms with van der Waals surface area (Å²) in [4.78, 5) is 14.3. The largest absolute Gasteiger partial charge is 0.382 e. The van der Waals surface area contributed by atoms with E-state index in [1.165, 1.54) is 11.1 Å². The van der Waals surface area contributed by atoms with Crippen molar-refractivity contribution in [3.63, 3.8) is 0 Å². The molecule has 1 fully saturated rings. The van der Waals surface area contributed by atoms with Gasteiger partial charge < -0.3 is 14.4 Å². The Balaban J connectivity index is 1.89. The van der Waals surface area contributed by atoms with Crippen molar-refractivity contribution in [2.45, 2.75) is 25.8 Å². The lowest BCUT2D eigenvalue weighted by Gasteiger charge is -2.35. The van der Waals surface area contributed by atoms with Crippen molar-refractivity contribution >= 4 is 5.91 Å². The summed E-state index contributed by atoms with van der Waals surface area (Å²) in [5.74, 6) is 0.192. The second-order valence-corrected chi connectivity index (χ2v) is 5.26. The molecule has 0 aliphatic carbocycles. The number of morpholine rings is 1. The number of carbonyl (C=O) groups excluding carboxylic acids is 1. The minimum Gasteiger partial charge on any atom is -0.382 e. The Morgan fingerprint density at radius 2 is 2.35 bits per heavy atom. The van der Waals surface area contributed by atoms with Crippen LogP contribution in [0.25, 0.3) is 0 Å². The van der Waals surface area contributed by atoms with Gasteiger partial charge >= 0.3 is 0 Å². The minimum atomic E-state index is 0.0544. The highest BCUT2D eigenvalue weighted by Gasteiger charge is 2.26. The molecule has 1 saturated heterocycles. The molecule has 1 aromatic carbocycles. The van der Waals surface area contributed by atoms with E-state index in [1.807, 2.05) is 11.0 Å². The van der Waals surface area contributed by atoms with Gasteiger partial charge in [-0.25, -0.2) is 0 Å². The smallest absolute Gasteiger partial charge is 0.223 e. The van der Waals surface area contributed by atoms with E-state index < -0.39 is 0 Å². The second-order valence-electron chi connectivity index (χ2n) is 5.26. The maximum atomic E-state index is 12.4. The number of hydrogen-bond donors (Lipinski definition) is 0. The lowest BCUT2D eigenvalue weighted by molar-refractivity contribution is -0.142. The third-order valence-electron chi connectivity index (χ3n) is 3.62. The van der Waals surface area contributed by atoms with E-state index in [-0.39, 0.29) is 11.9 Å². The average molecular weight is 277 g/mol. The summed E-state index contributed by atoms with van der Waals surface area (Å²) < 4.78 is 10.6. The first kappa shape index (κ1) is 15.0. The molecule has 1 atom stereocenters. The van der Waals surface area contributed by atoms with E-state index in [0.717, 1.165) is 6.42 Å². The summed E-state index contributed by atoms with van der Waals surface area (Å²) in [7, 11) is 1.66. The van der Waals surface area contributed by atoms with Crippen LogP contribution >= 0.6 is 0 Å². The molecule has 20 heavy (non-hydrogen) atoms. The van der Waals surface area contributed by atoms with Crippen molar-refractivity contribution in [2.24, 2.45) is 0 Å². The third kappa shape index (κ3) is 4.05. The van der Waals surface area contributed by atoms with Gasteiger partial charge in [0.15, 0.2) is 0 Å². The number of aryl methyl sites for hydroxylation is 2. The van der Waals surface area contributed by atoms with Crippen LogP contribution in [0, 0.1) is 6.92 Å². The average Bonchev–Trinajstić information content (AvgIpc) is 2.46. The van der Waals surface area contributed by atoms with E-state index in [0.29, 0.717) is 32.8 Å². The number of amides is 1. The fourth-order valence-electron chi connectivity index (χ4n) is 2.58. The van der Waals surface area contributed by atoms with Gasteiger partial charge in [-0.15, -0.1) is 0 Å². The Kier molecular flexibility index (Phi) is 5.56. The SMILES string of the molecule is COCC1COCCN1C(=O)CCc1cccc(C)c1. The molecule has 0 N–H and O–H groups in total. The molecule has 1 aromatic rings. The maximum absolute atomic E-state index is 12.4. The van der Waals surface area contributed by atoms with Crippen LogP contribution in [-0.2, 0) is 20.7 Å². The zero-order valence-electron chi connectivity index (χ0n) is 12.3. The van der Waals surface area contributed by atoms with Gasteiger partial charge in [-0.2, -0.15) is 0 Å². The molecule has 1 unspecified atom stereocenters. The highest BCUT2D eigenvalue weighted by atomic mass is 16.5. The van der Waals surface area contributed by atoms with Crippen LogP contribution in [-0.4, -0.2) is 50.3 Å². The monoisotopic (exact) mass is 277 g/mol. The van der Waals surface area contributed by atoms with Crippen molar-refractivity contribution in [1.29, 1.82) is 0 Å². The molecule has 1 amide bonds. The highest BCUT2D eigenvalue weighted by Crippen LogP contribution is 2.12. The third-order valence-corrected chi connectivity index (χ3v) is 3.62. The van der Waals surface area contributed by atoms with Crippen LogP contribution in [0.1, 0.15) is 17.5 Å². The lowest BCUT2D eigenvalue weighted by atomic mass is 10.1. The summed E-state index contributed by atoms with van der Waals surface area (Å²) >= 11 is 0. The van der Waals surface area contributed by atoms with Gasteiger partial charge in [0.1, 0.15) is 0 Å². The number of carbonyl (C=O) groups is 1. The summed E-state index contributed by atoms with van der Waals surface area (Å²) in [6, 6.07) is 8.38. The molecule has 0 saturated carbocycles. The topological polar surface area (TPSA) is 38.8 Å². The van der Waals surface area contributed by atoms with Gasteiger partial charge in [-0.05, 0) is 18.9 Å². The first-order valence-electron chi connectivity index (χ1n) is 7.12. The number of rotatable bonds is 5. The van der Waals surface area contributed by atoms with Gasteiger partial charge in [0, 0.05) is 20.1 Å². The molecule has 2 rings (SSSR count). The first-order chi connectivity index (χ1) is 9.70. The standard InChI is InChI=1S/C16H23NO3/c1-13-4-3-5-14(10-13)6-7-16(18)17-8-9-20-12-15(17)11-19-2/h3-5,10,15H,6-9,11-12H2,1-2H3. The zero-order valence-corrected chi connectivity index (χ0v) is 12.3. The molecule has 1 aliphatic rings. The van der Waals surface area contributed by atoms with Crippen LogP contribution in [0.2, 0.25) is 0 Å². The van der Waals surface area contributed by atoms with Crippen molar-refractivity contribution in [3.05, 3.63) is 35.4 Å². The highest BCUT2D eigenvalue weighted by molar-refractivity contribution is 5.77. The Labute approximate surface area is 120 Å². The van der Waals surface area contributed by atoms with E-state index in [4.69, 9.17) is 9.47 Å². The molecule has 0 spiro atoms. The van der Waals surface area contributed by atoms with E-state index >= 15 is 0 Å². The summed E-state index contributed by atoms with van der Waals surface area (Å²) in [5.41, 5.74) is 2.45. The maximum Gasteiger partial charge on any atom is 0.223 e. The van der Waals surface area contributed by atoms with Gasteiger partial charge in [-0.3, -0.25) is 4.79 Å². The Morgan fingerprint density at radius 1 is 1.50 bits per heavy atom. The van der Waals surface area contributed by atoms with E-state index in [2.05, 4.69) is 25.1 Å². The number of nitrogens with zero attached hydrogens (tertiary/aromatic N) is 1. The van der Waals surface area contributed by atoms with Crippen molar-refractivity contribution in [2.75, 3.05) is 33.5 Å². The predicted octanol–water partition coefficient (Wildman–Crippen LogP) is 1.80. The fraction of sp³-hybridized carbons (Fsp3) is 0.562. The summed E-state index contributed by atoms with van der Waals surface area (Å²) in [5, 5.41) is 0. The van der Waals surface area contributed by atoms with Gasteiger partial charge in [-0.1, -0.05) is 29.8 Å². The van der Waals surface area contributed by atoms with Crippen LogP contribution in [0.4, 0.5) is 0 Å². The van der Waals surface area contributed by atoms with Crippen LogP contribution in [0.15, 0.2) is 24.3 Å². The Morgan fingerprint density at radius 3 is 3.10 bits per heavy atom. The molecule has 4 nitrogen and oxygen atoms in total. The van der Waals surface area contributed by atoms with Gasteiger partial charge in [0.2, 0.25) is 5.91 Å². The number of ether oxygens (including phenoxy) is 2. The Hall–Kier alpha value is -1.39. The molecule has 1 aliphatic heterocycles. The zero-order chi connectivity index (χ0) is 14.4. The number of benzene rings is 1. The molecule has 110 valence electrons. The fourth-order valence-corrected chi connectivity index (χ4v) is 2.58. The number of methoxy groups -OCH3 is 1. The molecular formula is C16H23NO3. The van der Waals surface area contributed by atoms with Crippen LogP contribution in [0.3, 0.4) is 0 Å². The molecule has 0 bridgehead atoms. The van der Waals surface area contributed by atoms with Gasteiger partial charge in [0.05, 0.1) is 25.9 Å². The van der Waals surface area contributed by atoms with E-state index in [1.54, 1.807) is 7.11 Å². The quantitative estimate of drug-likeness (QED) is 0.824. The Bertz CT molecular complexity index is 445. The normalized spacial score (nSPS) is 19.1. The second kappa shape index (κ2) is 7.41. The number of hydrogen-bond acceptors (Lipinski definition) is 3. The lowest BCUT2D eigenvalue weighted by Crippen LogP contribution is -2.50. The van der Waals surface area contributed by atoms with Crippen molar-refractivity contribution < 1.29 is 14.3 Å². The first-order valence-corrected chi connectivity index (χ1v) is 7.12. The molecule has 0 radical (unpaired) electrons. The van der Waals surface area contributed by atoms with Crippen LogP contribution in [0.5, 0.6) is 0 Å². The summed E-state index contributed by atoms with van der Waals surface area (Å²) in [6.45, 7) is 4.47.